The van der Waals surface area contributed by atoms with E-state index < -0.39 is 11.8 Å². The minimum absolute atomic E-state index is 0.175. The number of carbonyl (C=O) groups is 2. The standard InChI is InChI=1S/C22H23N3O3/c1-14(2)20-12-18(17-9-4-5-10-19(17)23-20)22(27)25-24-21(26)13-28-16-8-6-7-15(3)11-16/h4-12,14H,13H2,1-3H3,(H,24,26)(H,25,27). The number of carbonyl (C=O) groups excluding carboxylic acids is 2. The zero-order chi connectivity index (χ0) is 20.1. The number of hydrogen-bond acceptors (Lipinski definition) is 4. The minimum atomic E-state index is -0.447. The molecule has 1 heterocycles. The molecule has 2 N–H and O–H groups in total. The Morgan fingerprint density at radius 3 is 2.57 bits per heavy atom. The second kappa shape index (κ2) is 8.52. The van der Waals surface area contributed by atoms with E-state index in [2.05, 4.69) is 15.8 Å². The first-order chi connectivity index (χ1) is 13.4. The largest absolute Gasteiger partial charge is 0.484 e. The van der Waals surface area contributed by atoms with Crippen molar-refractivity contribution >= 4 is 22.7 Å². The molecule has 1 aromatic heterocycles. The van der Waals surface area contributed by atoms with Crippen LogP contribution < -0.4 is 15.6 Å². The molecule has 0 aliphatic rings. The van der Waals surface area contributed by atoms with Crippen molar-refractivity contribution < 1.29 is 14.3 Å². The Morgan fingerprint density at radius 2 is 1.82 bits per heavy atom. The van der Waals surface area contributed by atoms with Crippen LogP contribution >= 0.6 is 0 Å². The Bertz CT molecular complexity index is 1010. The predicted octanol–water partition coefficient (Wildman–Crippen LogP) is 3.51. The van der Waals surface area contributed by atoms with Crippen molar-refractivity contribution in [1.82, 2.24) is 15.8 Å². The lowest BCUT2D eigenvalue weighted by Gasteiger charge is -2.13. The third-order valence-electron chi connectivity index (χ3n) is 4.25. The van der Waals surface area contributed by atoms with Crippen molar-refractivity contribution in [3.8, 4) is 5.75 Å². The summed E-state index contributed by atoms with van der Waals surface area (Å²) < 4.78 is 5.43. The molecule has 0 spiro atoms. The van der Waals surface area contributed by atoms with Gasteiger partial charge in [-0.1, -0.05) is 44.2 Å². The van der Waals surface area contributed by atoms with E-state index >= 15 is 0 Å². The van der Waals surface area contributed by atoms with Crippen LogP contribution in [0.25, 0.3) is 10.9 Å². The number of ether oxygens (including phenoxy) is 1. The van der Waals surface area contributed by atoms with Crippen molar-refractivity contribution in [3.63, 3.8) is 0 Å². The molecule has 0 saturated heterocycles. The fourth-order valence-corrected chi connectivity index (χ4v) is 2.76. The van der Waals surface area contributed by atoms with Crippen LogP contribution in [0, 0.1) is 6.92 Å². The highest BCUT2D eigenvalue weighted by Gasteiger charge is 2.15. The maximum absolute atomic E-state index is 12.7. The number of amides is 2. The van der Waals surface area contributed by atoms with Gasteiger partial charge < -0.3 is 4.74 Å². The highest BCUT2D eigenvalue weighted by atomic mass is 16.5. The van der Waals surface area contributed by atoms with Gasteiger partial charge in [-0.15, -0.1) is 0 Å². The molecule has 3 aromatic rings. The van der Waals surface area contributed by atoms with Crippen molar-refractivity contribution in [2.75, 3.05) is 6.61 Å². The SMILES string of the molecule is Cc1cccc(OCC(=O)NNC(=O)c2cc(C(C)C)nc3ccccc23)c1. The van der Waals surface area contributed by atoms with Crippen LogP contribution in [0.2, 0.25) is 0 Å². The van der Waals surface area contributed by atoms with Gasteiger partial charge in [-0.05, 0) is 42.7 Å². The van der Waals surface area contributed by atoms with Crippen molar-refractivity contribution in [1.29, 1.82) is 0 Å². The lowest BCUT2D eigenvalue weighted by atomic mass is 10.0. The number of rotatable bonds is 5. The van der Waals surface area contributed by atoms with E-state index in [0.29, 0.717) is 11.3 Å². The third-order valence-corrected chi connectivity index (χ3v) is 4.25. The average Bonchev–Trinajstić information content (AvgIpc) is 2.69. The molecule has 2 amide bonds. The number of aromatic nitrogens is 1. The monoisotopic (exact) mass is 377 g/mol. The maximum Gasteiger partial charge on any atom is 0.276 e. The first-order valence-corrected chi connectivity index (χ1v) is 9.12. The average molecular weight is 377 g/mol. The van der Waals surface area contributed by atoms with Gasteiger partial charge in [-0.2, -0.15) is 0 Å². The summed E-state index contributed by atoms with van der Waals surface area (Å²) in [5.41, 5.74) is 7.92. The highest BCUT2D eigenvalue weighted by molar-refractivity contribution is 6.06. The van der Waals surface area contributed by atoms with Crippen molar-refractivity contribution in [3.05, 3.63) is 71.4 Å². The van der Waals surface area contributed by atoms with Crippen LogP contribution in [0.4, 0.5) is 0 Å². The molecule has 28 heavy (non-hydrogen) atoms. The van der Waals surface area contributed by atoms with Crippen LogP contribution in [-0.4, -0.2) is 23.4 Å². The summed E-state index contributed by atoms with van der Waals surface area (Å²) >= 11 is 0. The van der Waals surface area contributed by atoms with Gasteiger partial charge in [-0.3, -0.25) is 25.4 Å². The predicted molar refractivity (Wildman–Crippen MR) is 108 cm³/mol. The Hall–Kier alpha value is -3.41. The van der Waals surface area contributed by atoms with Gasteiger partial charge in [0.25, 0.3) is 11.8 Å². The van der Waals surface area contributed by atoms with E-state index in [0.717, 1.165) is 22.2 Å². The third kappa shape index (κ3) is 4.65. The van der Waals surface area contributed by atoms with Gasteiger partial charge in [0.2, 0.25) is 0 Å². The first-order valence-electron chi connectivity index (χ1n) is 9.12. The van der Waals surface area contributed by atoms with E-state index in [1.54, 1.807) is 12.1 Å². The molecule has 2 aromatic carbocycles. The van der Waals surface area contributed by atoms with E-state index in [4.69, 9.17) is 4.74 Å². The first kappa shape index (κ1) is 19.4. The molecule has 0 unspecified atom stereocenters. The van der Waals surface area contributed by atoms with Crippen LogP contribution in [-0.2, 0) is 4.79 Å². The second-order valence-electron chi connectivity index (χ2n) is 6.87. The molecule has 0 saturated carbocycles. The van der Waals surface area contributed by atoms with Gasteiger partial charge in [0.1, 0.15) is 5.75 Å². The fraction of sp³-hybridized carbons (Fsp3) is 0.227. The van der Waals surface area contributed by atoms with E-state index in [9.17, 15) is 9.59 Å². The van der Waals surface area contributed by atoms with Crippen LogP contribution in [0.15, 0.2) is 54.6 Å². The lowest BCUT2D eigenvalue weighted by molar-refractivity contribution is -0.123. The fourth-order valence-electron chi connectivity index (χ4n) is 2.76. The maximum atomic E-state index is 12.7. The van der Waals surface area contributed by atoms with E-state index in [-0.39, 0.29) is 12.5 Å². The molecule has 6 heteroatoms. The number of nitrogens with zero attached hydrogens (tertiary/aromatic N) is 1. The number of aryl methyl sites for hydroxylation is 1. The summed E-state index contributed by atoms with van der Waals surface area (Å²) in [4.78, 5) is 29.3. The van der Waals surface area contributed by atoms with Gasteiger partial charge in [0, 0.05) is 11.1 Å². The van der Waals surface area contributed by atoms with E-state index in [1.165, 1.54) is 0 Å². The molecule has 0 aliphatic heterocycles. The lowest BCUT2D eigenvalue weighted by Crippen LogP contribution is -2.44. The molecule has 0 aliphatic carbocycles. The summed E-state index contributed by atoms with van der Waals surface area (Å²) in [6, 6.07) is 16.6. The van der Waals surface area contributed by atoms with Gasteiger partial charge in [-0.25, -0.2) is 0 Å². The molecule has 0 bridgehead atoms. The van der Waals surface area contributed by atoms with Crippen molar-refractivity contribution in [2.45, 2.75) is 26.7 Å². The normalized spacial score (nSPS) is 10.7. The van der Waals surface area contributed by atoms with Crippen molar-refractivity contribution in [2.24, 2.45) is 0 Å². The zero-order valence-corrected chi connectivity index (χ0v) is 16.2. The second-order valence-corrected chi connectivity index (χ2v) is 6.87. The molecule has 0 atom stereocenters. The number of benzene rings is 2. The zero-order valence-electron chi connectivity index (χ0n) is 16.2. The Kier molecular flexibility index (Phi) is 5.89. The van der Waals surface area contributed by atoms with Crippen LogP contribution in [0.5, 0.6) is 5.75 Å². The minimum Gasteiger partial charge on any atom is -0.484 e. The van der Waals surface area contributed by atoms with Gasteiger partial charge >= 0.3 is 0 Å². The van der Waals surface area contributed by atoms with Gasteiger partial charge in [0.05, 0.1) is 11.1 Å². The summed E-state index contributed by atoms with van der Waals surface area (Å²) in [5, 5.41) is 0.731. The molecular weight excluding hydrogens is 354 g/mol. The molecule has 144 valence electrons. The molecular formula is C22H23N3O3. The number of pyridine rings is 1. The van der Waals surface area contributed by atoms with E-state index in [1.807, 2.05) is 63.2 Å². The summed E-state index contributed by atoms with van der Waals surface area (Å²) in [6.07, 6.45) is 0. The molecule has 3 rings (SSSR count). The number of hydrogen-bond donors (Lipinski definition) is 2. The highest BCUT2D eigenvalue weighted by Crippen LogP contribution is 2.22. The summed E-state index contributed by atoms with van der Waals surface area (Å²) in [7, 11) is 0. The van der Waals surface area contributed by atoms with Crippen LogP contribution in [0.3, 0.4) is 0 Å². The number of para-hydroxylation sites is 1. The Morgan fingerprint density at radius 1 is 1.04 bits per heavy atom. The Labute approximate surface area is 163 Å². The smallest absolute Gasteiger partial charge is 0.276 e. The number of nitrogens with one attached hydrogen (secondary N) is 2. The summed E-state index contributed by atoms with van der Waals surface area (Å²) in [6.45, 7) is 5.78. The molecule has 0 fully saturated rings. The molecule has 6 nitrogen and oxygen atoms in total. The number of hydrazine groups is 1. The van der Waals surface area contributed by atoms with Gasteiger partial charge in [0.15, 0.2) is 6.61 Å². The quantitative estimate of drug-likeness (QED) is 0.667. The topological polar surface area (TPSA) is 80.3 Å². The number of fused-ring (bicyclic) bond motifs is 1. The summed E-state index contributed by atoms with van der Waals surface area (Å²) in [5.74, 6) is -0.0710. The van der Waals surface area contributed by atoms with Crippen LogP contribution in [0.1, 0.15) is 41.4 Å². The molecule has 0 radical (unpaired) electrons. The Balaban J connectivity index is 1.66.